The van der Waals surface area contributed by atoms with Crippen LogP contribution in [0, 0.1) is 5.92 Å². The molecule has 2 aromatic rings. The molecule has 2 atom stereocenters. The fraction of sp³-hybridized carbons (Fsp3) is 0.529. The summed E-state index contributed by atoms with van der Waals surface area (Å²) in [5.41, 5.74) is -0.370. The van der Waals surface area contributed by atoms with Crippen molar-refractivity contribution >= 4 is 16.9 Å². The topological polar surface area (TPSA) is 96.9 Å². The first-order valence-corrected chi connectivity index (χ1v) is 8.43. The summed E-state index contributed by atoms with van der Waals surface area (Å²) >= 11 is 0. The van der Waals surface area contributed by atoms with Crippen molar-refractivity contribution in [2.24, 2.45) is 5.92 Å². The first kappa shape index (κ1) is 16.4. The van der Waals surface area contributed by atoms with Gasteiger partial charge in [0.25, 0.3) is 11.5 Å². The molecule has 1 fully saturated rings. The molecule has 0 saturated heterocycles. The number of pyridine rings is 1. The van der Waals surface area contributed by atoms with E-state index in [4.69, 9.17) is 0 Å². The highest BCUT2D eigenvalue weighted by atomic mass is 16.2. The summed E-state index contributed by atoms with van der Waals surface area (Å²) in [5, 5.41) is 3.28. The summed E-state index contributed by atoms with van der Waals surface area (Å²) < 4.78 is 1.38. The summed E-state index contributed by atoms with van der Waals surface area (Å²) in [7, 11) is 0. The van der Waals surface area contributed by atoms with Crippen molar-refractivity contribution in [3.8, 4) is 0 Å². The van der Waals surface area contributed by atoms with Crippen LogP contribution in [-0.2, 0) is 6.54 Å². The van der Waals surface area contributed by atoms with E-state index in [1.54, 1.807) is 6.92 Å². The Balaban J connectivity index is 1.92. The molecule has 1 aliphatic carbocycles. The van der Waals surface area contributed by atoms with E-state index < -0.39 is 11.2 Å². The molecule has 0 aromatic carbocycles. The van der Waals surface area contributed by atoms with Crippen molar-refractivity contribution in [1.82, 2.24) is 19.9 Å². The third kappa shape index (κ3) is 3.11. The standard InChI is InChI=1S/C17H22N4O3/c1-3-21-14-13(16(23)20-17(21)24)8-11(9-18-14)15(22)19-12-6-4-5-10(2)7-12/h8-10,12H,3-7H2,1-2H3,(H,19,22)(H,20,23,24)/t10-,12+/m1/s1. The van der Waals surface area contributed by atoms with Crippen molar-refractivity contribution in [3.63, 3.8) is 0 Å². The zero-order valence-electron chi connectivity index (χ0n) is 14.0. The normalized spacial score (nSPS) is 20.9. The van der Waals surface area contributed by atoms with Gasteiger partial charge in [0.15, 0.2) is 0 Å². The van der Waals surface area contributed by atoms with Gasteiger partial charge in [-0.3, -0.25) is 19.1 Å². The Morgan fingerprint density at radius 1 is 1.42 bits per heavy atom. The third-order valence-corrected chi connectivity index (χ3v) is 4.68. The molecule has 2 heterocycles. The van der Waals surface area contributed by atoms with E-state index >= 15 is 0 Å². The average Bonchev–Trinajstić information content (AvgIpc) is 2.55. The van der Waals surface area contributed by atoms with Crippen LogP contribution in [0.3, 0.4) is 0 Å². The molecule has 1 saturated carbocycles. The first-order chi connectivity index (χ1) is 11.5. The van der Waals surface area contributed by atoms with E-state index in [0.717, 1.165) is 19.3 Å². The zero-order valence-corrected chi connectivity index (χ0v) is 14.0. The number of aromatic nitrogens is 3. The summed E-state index contributed by atoms with van der Waals surface area (Å²) in [6.45, 7) is 4.38. The number of hydrogen-bond donors (Lipinski definition) is 2. The van der Waals surface area contributed by atoms with E-state index in [2.05, 4.69) is 22.2 Å². The predicted octanol–water partition coefficient (Wildman–Crippen LogP) is 1.41. The average molecular weight is 330 g/mol. The molecule has 7 nitrogen and oxygen atoms in total. The quantitative estimate of drug-likeness (QED) is 0.889. The SMILES string of the molecule is CCn1c(=O)[nH]c(=O)c2cc(C(=O)N[C@H]3CCC[C@@H](C)C3)cnc21. The Bertz CT molecular complexity index is 884. The van der Waals surface area contributed by atoms with Gasteiger partial charge in [0.05, 0.1) is 10.9 Å². The number of fused-ring (bicyclic) bond motifs is 1. The fourth-order valence-electron chi connectivity index (χ4n) is 3.42. The van der Waals surface area contributed by atoms with Crippen LogP contribution in [0.4, 0.5) is 0 Å². The van der Waals surface area contributed by atoms with Crippen molar-refractivity contribution in [1.29, 1.82) is 0 Å². The van der Waals surface area contributed by atoms with Gasteiger partial charge in [0, 0.05) is 18.8 Å². The number of H-pyrrole nitrogens is 1. The molecular weight excluding hydrogens is 308 g/mol. The second-order valence-electron chi connectivity index (χ2n) is 6.54. The lowest BCUT2D eigenvalue weighted by Crippen LogP contribution is -2.38. The molecule has 3 rings (SSSR count). The maximum Gasteiger partial charge on any atom is 0.329 e. The zero-order chi connectivity index (χ0) is 17.3. The maximum absolute atomic E-state index is 12.5. The van der Waals surface area contributed by atoms with Crippen LogP contribution in [-0.4, -0.2) is 26.5 Å². The summed E-state index contributed by atoms with van der Waals surface area (Å²) in [6, 6.07) is 1.67. The highest BCUT2D eigenvalue weighted by Crippen LogP contribution is 2.23. The van der Waals surface area contributed by atoms with E-state index in [-0.39, 0.29) is 17.3 Å². The molecule has 2 N–H and O–H groups in total. The van der Waals surface area contributed by atoms with Gasteiger partial charge in [-0.1, -0.05) is 19.8 Å². The lowest BCUT2D eigenvalue weighted by molar-refractivity contribution is 0.0921. The van der Waals surface area contributed by atoms with Gasteiger partial charge in [-0.15, -0.1) is 0 Å². The molecular formula is C17H22N4O3. The van der Waals surface area contributed by atoms with Gasteiger partial charge in [0.1, 0.15) is 5.65 Å². The molecule has 0 bridgehead atoms. The Hall–Kier alpha value is -2.44. The molecule has 0 unspecified atom stereocenters. The van der Waals surface area contributed by atoms with Gasteiger partial charge in [-0.2, -0.15) is 0 Å². The minimum absolute atomic E-state index is 0.167. The van der Waals surface area contributed by atoms with Crippen molar-refractivity contribution in [2.45, 2.75) is 52.1 Å². The maximum atomic E-state index is 12.5. The van der Waals surface area contributed by atoms with Gasteiger partial charge >= 0.3 is 5.69 Å². The van der Waals surface area contributed by atoms with Crippen molar-refractivity contribution in [3.05, 3.63) is 38.7 Å². The number of carbonyl (C=O) groups is 1. The van der Waals surface area contributed by atoms with Crippen LogP contribution in [0.1, 0.15) is 49.9 Å². The fourth-order valence-corrected chi connectivity index (χ4v) is 3.42. The molecule has 2 aromatic heterocycles. The number of carbonyl (C=O) groups excluding carboxylic acids is 1. The van der Waals surface area contributed by atoms with Gasteiger partial charge in [0.2, 0.25) is 0 Å². The summed E-state index contributed by atoms with van der Waals surface area (Å²) in [5.74, 6) is 0.387. The molecule has 0 radical (unpaired) electrons. The highest BCUT2D eigenvalue weighted by Gasteiger charge is 2.21. The van der Waals surface area contributed by atoms with Crippen LogP contribution < -0.4 is 16.6 Å². The molecule has 128 valence electrons. The molecule has 24 heavy (non-hydrogen) atoms. The van der Waals surface area contributed by atoms with Gasteiger partial charge in [-0.25, -0.2) is 9.78 Å². The second kappa shape index (κ2) is 6.59. The Labute approximate surface area is 139 Å². The van der Waals surface area contributed by atoms with Gasteiger partial charge < -0.3 is 5.32 Å². The highest BCUT2D eigenvalue weighted by molar-refractivity contribution is 5.96. The number of nitrogens with zero attached hydrogens (tertiary/aromatic N) is 2. The van der Waals surface area contributed by atoms with Crippen LogP contribution in [0.5, 0.6) is 0 Å². The minimum Gasteiger partial charge on any atom is -0.349 e. The number of hydrogen-bond acceptors (Lipinski definition) is 4. The van der Waals surface area contributed by atoms with E-state index in [9.17, 15) is 14.4 Å². The predicted molar refractivity (Wildman–Crippen MR) is 91.2 cm³/mol. The van der Waals surface area contributed by atoms with Crippen LogP contribution in [0.15, 0.2) is 21.9 Å². The van der Waals surface area contributed by atoms with Crippen LogP contribution in [0.2, 0.25) is 0 Å². The molecule has 0 aliphatic heterocycles. The molecule has 1 aliphatic rings. The van der Waals surface area contributed by atoms with Gasteiger partial charge in [-0.05, 0) is 31.7 Å². The largest absolute Gasteiger partial charge is 0.349 e. The summed E-state index contributed by atoms with van der Waals surface area (Å²) in [4.78, 5) is 42.7. The Kier molecular flexibility index (Phi) is 4.51. The lowest BCUT2D eigenvalue weighted by atomic mass is 9.87. The van der Waals surface area contributed by atoms with E-state index in [1.165, 1.54) is 23.3 Å². The third-order valence-electron chi connectivity index (χ3n) is 4.68. The molecule has 0 spiro atoms. The Morgan fingerprint density at radius 3 is 2.92 bits per heavy atom. The minimum atomic E-state index is -0.520. The number of rotatable bonds is 3. The number of nitrogens with one attached hydrogen (secondary N) is 2. The number of amides is 1. The monoisotopic (exact) mass is 330 g/mol. The lowest BCUT2D eigenvalue weighted by Gasteiger charge is -2.27. The Morgan fingerprint density at radius 2 is 2.21 bits per heavy atom. The molecule has 1 amide bonds. The molecule has 7 heteroatoms. The smallest absolute Gasteiger partial charge is 0.329 e. The van der Waals surface area contributed by atoms with E-state index in [0.29, 0.717) is 23.7 Å². The van der Waals surface area contributed by atoms with Crippen molar-refractivity contribution < 1.29 is 4.79 Å². The summed E-state index contributed by atoms with van der Waals surface area (Å²) in [6.07, 6.45) is 5.70. The van der Waals surface area contributed by atoms with Crippen LogP contribution >= 0.6 is 0 Å². The second-order valence-corrected chi connectivity index (χ2v) is 6.54. The first-order valence-electron chi connectivity index (χ1n) is 8.43. The van der Waals surface area contributed by atoms with E-state index in [1.807, 2.05) is 0 Å². The van der Waals surface area contributed by atoms with Crippen molar-refractivity contribution in [2.75, 3.05) is 0 Å². The van der Waals surface area contributed by atoms with Crippen LogP contribution in [0.25, 0.3) is 11.0 Å². The number of aryl methyl sites for hydroxylation is 1. The number of aromatic amines is 1.